The Morgan fingerprint density at radius 3 is 2.74 bits per heavy atom. The van der Waals surface area contributed by atoms with Gasteiger partial charge in [-0.25, -0.2) is 0 Å². The van der Waals surface area contributed by atoms with Gasteiger partial charge in [0.25, 0.3) is 5.91 Å². The Balaban J connectivity index is 1.95. The summed E-state index contributed by atoms with van der Waals surface area (Å²) in [6.07, 6.45) is 1.24. The zero-order valence-corrected chi connectivity index (χ0v) is 16.2. The molecule has 2 amide bonds. The van der Waals surface area contributed by atoms with Crippen LogP contribution in [0.1, 0.15) is 37.0 Å². The highest BCUT2D eigenvalue weighted by molar-refractivity contribution is 5.96. The van der Waals surface area contributed by atoms with E-state index in [0.717, 1.165) is 0 Å². The van der Waals surface area contributed by atoms with Crippen LogP contribution in [0.15, 0.2) is 24.3 Å². The van der Waals surface area contributed by atoms with Crippen molar-refractivity contribution in [3.63, 3.8) is 0 Å². The molecule has 0 saturated carbocycles. The first-order chi connectivity index (χ1) is 12.8. The van der Waals surface area contributed by atoms with E-state index in [-0.39, 0.29) is 24.9 Å². The van der Waals surface area contributed by atoms with Gasteiger partial charge in [-0.2, -0.15) is 0 Å². The van der Waals surface area contributed by atoms with Gasteiger partial charge < -0.3 is 19.6 Å². The van der Waals surface area contributed by atoms with Gasteiger partial charge in [0.2, 0.25) is 5.91 Å². The molecule has 1 N–H and O–H groups in total. The van der Waals surface area contributed by atoms with Crippen molar-refractivity contribution in [2.45, 2.75) is 26.7 Å². The van der Waals surface area contributed by atoms with E-state index in [1.54, 1.807) is 31.3 Å². The molecule has 1 unspecified atom stereocenters. The molecule has 27 heavy (non-hydrogen) atoms. The lowest BCUT2D eigenvalue weighted by molar-refractivity contribution is -0.145. The first-order valence-electron chi connectivity index (χ1n) is 9.26. The van der Waals surface area contributed by atoms with E-state index in [1.165, 1.54) is 9.80 Å². The van der Waals surface area contributed by atoms with Crippen molar-refractivity contribution in [1.82, 2.24) is 9.80 Å². The summed E-state index contributed by atoms with van der Waals surface area (Å²) in [4.78, 5) is 39.1. The summed E-state index contributed by atoms with van der Waals surface area (Å²) >= 11 is 0. The van der Waals surface area contributed by atoms with Crippen molar-refractivity contribution in [1.29, 1.82) is 0 Å². The molecular formula is C20H28N2O5. The molecule has 0 bridgehead atoms. The van der Waals surface area contributed by atoms with Crippen LogP contribution in [0, 0.1) is 11.8 Å². The number of hydrogen-bond acceptors (Lipinski definition) is 4. The topological polar surface area (TPSA) is 87.2 Å². The second kappa shape index (κ2) is 9.39. The smallest absolute Gasteiger partial charge is 0.308 e. The number of ether oxygens (including phenoxy) is 1. The summed E-state index contributed by atoms with van der Waals surface area (Å²) in [5, 5.41) is 9.15. The van der Waals surface area contributed by atoms with Crippen molar-refractivity contribution < 1.29 is 24.2 Å². The Hall–Kier alpha value is -2.57. The molecule has 7 heteroatoms. The highest BCUT2D eigenvalue weighted by Crippen LogP contribution is 2.18. The Bertz CT molecular complexity index is 689. The first kappa shape index (κ1) is 20.7. The number of carbonyl (C=O) groups excluding carboxylic acids is 2. The van der Waals surface area contributed by atoms with Crippen LogP contribution >= 0.6 is 0 Å². The number of carboxylic acids is 1. The van der Waals surface area contributed by atoms with E-state index < -0.39 is 11.9 Å². The first-order valence-corrected chi connectivity index (χ1v) is 9.26. The van der Waals surface area contributed by atoms with Crippen molar-refractivity contribution in [3.05, 3.63) is 29.8 Å². The third kappa shape index (κ3) is 5.98. The number of likely N-dealkylation sites (N-methyl/N-ethyl adjacent to an activating group) is 1. The largest absolute Gasteiger partial charge is 0.493 e. The lowest BCUT2D eigenvalue weighted by atomic mass is 9.98. The fourth-order valence-corrected chi connectivity index (χ4v) is 2.98. The second-order valence-electron chi connectivity index (χ2n) is 7.41. The van der Waals surface area contributed by atoms with Gasteiger partial charge in [-0.3, -0.25) is 14.4 Å². The minimum absolute atomic E-state index is 0.0811. The van der Waals surface area contributed by atoms with Crippen molar-refractivity contribution in [3.8, 4) is 5.75 Å². The van der Waals surface area contributed by atoms with Gasteiger partial charge in [0.15, 0.2) is 0 Å². The van der Waals surface area contributed by atoms with E-state index >= 15 is 0 Å². The van der Waals surface area contributed by atoms with Crippen LogP contribution in [-0.4, -0.2) is 66.0 Å². The van der Waals surface area contributed by atoms with Crippen LogP contribution in [0.5, 0.6) is 5.75 Å². The molecule has 1 aromatic rings. The minimum Gasteiger partial charge on any atom is -0.493 e. The Labute approximate surface area is 159 Å². The maximum absolute atomic E-state index is 12.6. The predicted octanol–water partition coefficient (Wildman–Crippen LogP) is 2.12. The van der Waals surface area contributed by atoms with E-state index in [2.05, 4.69) is 0 Å². The number of piperidine rings is 1. The molecule has 1 aliphatic rings. The lowest BCUT2D eigenvalue weighted by Crippen LogP contribution is -2.46. The summed E-state index contributed by atoms with van der Waals surface area (Å²) in [7, 11) is 1.57. The summed E-state index contributed by atoms with van der Waals surface area (Å²) in [6, 6.07) is 6.91. The Morgan fingerprint density at radius 1 is 1.33 bits per heavy atom. The Morgan fingerprint density at radius 2 is 2.07 bits per heavy atom. The number of aliphatic carboxylic acids is 1. The molecular weight excluding hydrogens is 348 g/mol. The summed E-state index contributed by atoms with van der Waals surface area (Å²) in [6.45, 7) is 5.31. The number of carbonyl (C=O) groups is 3. The van der Waals surface area contributed by atoms with Crippen molar-refractivity contribution in [2.75, 3.05) is 33.3 Å². The third-order valence-electron chi connectivity index (χ3n) is 4.51. The normalized spacial score (nSPS) is 16.9. The second-order valence-corrected chi connectivity index (χ2v) is 7.41. The van der Waals surface area contributed by atoms with Crippen LogP contribution in [-0.2, 0) is 9.59 Å². The molecule has 0 aromatic heterocycles. The molecule has 0 aliphatic carbocycles. The maximum atomic E-state index is 12.6. The average Bonchev–Trinajstić information content (AvgIpc) is 2.65. The third-order valence-corrected chi connectivity index (χ3v) is 4.51. The number of amides is 2. The van der Waals surface area contributed by atoms with E-state index in [4.69, 9.17) is 9.84 Å². The van der Waals surface area contributed by atoms with E-state index in [9.17, 15) is 14.4 Å². The van der Waals surface area contributed by atoms with Gasteiger partial charge in [0.05, 0.1) is 19.1 Å². The van der Waals surface area contributed by atoms with Gasteiger partial charge in [-0.05, 0) is 37.0 Å². The molecule has 1 fully saturated rings. The van der Waals surface area contributed by atoms with Gasteiger partial charge in [-0.1, -0.05) is 19.9 Å². The van der Waals surface area contributed by atoms with Crippen LogP contribution in [0.3, 0.4) is 0 Å². The molecule has 1 aromatic carbocycles. The van der Waals surface area contributed by atoms with Crippen molar-refractivity contribution >= 4 is 17.8 Å². The number of benzene rings is 1. The predicted molar refractivity (Wildman–Crippen MR) is 101 cm³/mol. The minimum atomic E-state index is -0.879. The summed E-state index contributed by atoms with van der Waals surface area (Å²) < 4.78 is 5.65. The maximum Gasteiger partial charge on any atom is 0.308 e. The number of nitrogens with zero attached hydrogens (tertiary/aromatic N) is 2. The standard InChI is InChI=1S/C20H28N2O5/c1-14(2)13-27-17-8-4-6-15(10-17)19(24)21(3)12-18(23)22-9-5-7-16(11-22)20(25)26/h4,6,8,10,14,16H,5,7,9,11-13H2,1-3H3,(H,25,26). The molecule has 148 valence electrons. The number of likely N-dealkylation sites (tertiary alicyclic amines) is 1. The van der Waals surface area contributed by atoms with Crippen LogP contribution in [0.4, 0.5) is 0 Å². The Kier molecular flexibility index (Phi) is 7.21. The molecule has 1 heterocycles. The zero-order valence-electron chi connectivity index (χ0n) is 16.2. The highest BCUT2D eigenvalue weighted by atomic mass is 16.5. The highest BCUT2D eigenvalue weighted by Gasteiger charge is 2.29. The summed E-state index contributed by atoms with van der Waals surface area (Å²) in [5.41, 5.74) is 0.452. The van der Waals surface area contributed by atoms with Gasteiger partial charge in [0, 0.05) is 25.7 Å². The van der Waals surface area contributed by atoms with E-state index in [1.807, 2.05) is 13.8 Å². The number of hydrogen-bond donors (Lipinski definition) is 1. The molecule has 1 saturated heterocycles. The van der Waals surface area contributed by atoms with Gasteiger partial charge in [-0.15, -0.1) is 0 Å². The molecule has 0 spiro atoms. The molecule has 1 aliphatic heterocycles. The monoisotopic (exact) mass is 376 g/mol. The van der Waals surface area contributed by atoms with Gasteiger partial charge in [0.1, 0.15) is 5.75 Å². The van der Waals surface area contributed by atoms with Crippen LogP contribution in [0.25, 0.3) is 0 Å². The lowest BCUT2D eigenvalue weighted by Gasteiger charge is -2.32. The molecule has 7 nitrogen and oxygen atoms in total. The van der Waals surface area contributed by atoms with Gasteiger partial charge >= 0.3 is 5.97 Å². The van der Waals surface area contributed by atoms with E-state index in [0.29, 0.717) is 43.2 Å². The fraction of sp³-hybridized carbons (Fsp3) is 0.550. The molecule has 2 rings (SSSR count). The quantitative estimate of drug-likeness (QED) is 0.788. The summed E-state index contributed by atoms with van der Waals surface area (Å²) in [5.74, 6) is -0.916. The zero-order chi connectivity index (χ0) is 20.0. The molecule has 1 atom stereocenters. The molecule has 0 radical (unpaired) electrons. The fourth-order valence-electron chi connectivity index (χ4n) is 2.98. The number of carboxylic acid groups (broad SMARTS) is 1. The average molecular weight is 376 g/mol. The van der Waals surface area contributed by atoms with Crippen LogP contribution in [0.2, 0.25) is 0 Å². The van der Waals surface area contributed by atoms with Crippen molar-refractivity contribution in [2.24, 2.45) is 11.8 Å². The number of rotatable bonds is 7. The SMILES string of the molecule is CC(C)COc1cccc(C(=O)N(C)CC(=O)N2CCCC(C(=O)O)C2)c1. The van der Waals surface area contributed by atoms with Crippen LogP contribution < -0.4 is 4.74 Å².